The molecule has 1 saturated heterocycles. The van der Waals surface area contributed by atoms with Crippen LogP contribution in [0.15, 0.2) is 22.7 Å². The van der Waals surface area contributed by atoms with Crippen molar-refractivity contribution in [2.24, 2.45) is 0 Å². The Kier molecular flexibility index (Phi) is 4.48. The molecule has 1 heterocycles. The van der Waals surface area contributed by atoms with Crippen molar-refractivity contribution in [3.8, 4) is 0 Å². The molecule has 5 heteroatoms. The molecule has 0 bridgehead atoms. The van der Waals surface area contributed by atoms with E-state index < -0.39 is 0 Å². The van der Waals surface area contributed by atoms with Crippen LogP contribution in [0, 0.1) is 5.82 Å². The Bertz CT molecular complexity index is 453. The number of carbonyl (C=O) groups excluding carboxylic acids is 1. The van der Waals surface area contributed by atoms with Gasteiger partial charge in [0.25, 0.3) is 0 Å². The van der Waals surface area contributed by atoms with Crippen molar-refractivity contribution >= 4 is 21.7 Å². The summed E-state index contributed by atoms with van der Waals surface area (Å²) < 4.78 is 18.8. The van der Waals surface area contributed by atoms with Gasteiger partial charge in [-0.05, 0) is 41.1 Å². The van der Waals surface area contributed by atoms with Gasteiger partial charge < -0.3 is 10.1 Å². The average Bonchev–Trinajstić information content (AvgIpc) is 2.32. The van der Waals surface area contributed by atoms with E-state index >= 15 is 0 Å². The van der Waals surface area contributed by atoms with Gasteiger partial charge >= 0.3 is 0 Å². The Morgan fingerprint density at radius 1 is 1.56 bits per heavy atom. The first-order valence-corrected chi connectivity index (χ1v) is 6.67. The van der Waals surface area contributed by atoms with Crippen molar-refractivity contribution in [1.29, 1.82) is 0 Å². The molecular formula is C13H15BrFNO2. The van der Waals surface area contributed by atoms with Crippen LogP contribution < -0.4 is 5.32 Å². The number of nitrogens with one attached hydrogen (secondary N) is 1. The minimum Gasteiger partial charge on any atom is -0.378 e. The van der Waals surface area contributed by atoms with E-state index in [4.69, 9.17) is 4.74 Å². The summed E-state index contributed by atoms with van der Waals surface area (Å²) in [5.41, 5.74) is 0.517. The summed E-state index contributed by atoms with van der Waals surface area (Å²) in [6.07, 6.45) is 0.364. The van der Waals surface area contributed by atoms with E-state index in [9.17, 15) is 9.18 Å². The Hall–Kier alpha value is -0.780. The van der Waals surface area contributed by atoms with Gasteiger partial charge in [-0.1, -0.05) is 0 Å². The van der Waals surface area contributed by atoms with Gasteiger partial charge in [-0.3, -0.25) is 4.79 Å². The highest BCUT2D eigenvalue weighted by molar-refractivity contribution is 9.10. The van der Waals surface area contributed by atoms with E-state index in [-0.39, 0.29) is 23.7 Å². The number of halogens is 2. The lowest BCUT2D eigenvalue weighted by molar-refractivity contribution is 0.0463. The fourth-order valence-corrected chi connectivity index (χ4v) is 2.39. The molecular weight excluding hydrogens is 301 g/mol. The maximum absolute atomic E-state index is 13.1. The van der Waals surface area contributed by atoms with E-state index in [1.54, 1.807) is 0 Å². The van der Waals surface area contributed by atoms with Crippen LogP contribution in [0.5, 0.6) is 0 Å². The molecule has 1 aromatic rings. The molecule has 1 fully saturated rings. The summed E-state index contributed by atoms with van der Waals surface area (Å²) in [7, 11) is 0. The zero-order valence-electron chi connectivity index (χ0n) is 10.1. The molecule has 1 N–H and O–H groups in total. The first-order valence-electron chi connectivity index (χ1n) is 5.88. The quantitative estimate of drug-likeness (QED) is 0.871. The van der Waals surface area contributed by atoms with Gasteiger partial charge in [0.2, 0.25) is 0 Å². The van der Waals surface area contributed by atoms with Crippen LogP contribution in [-0.2, 0) is 4.74 Å². The molecule has 0 saturated carbocycles. The van der Waals surface area contributed by atoms with Crippen molar-refractivity contribution in [2.75, 3.05) is 13.2 Å². The average molecular weight is 316 g/mol. The van der Waals surface area contributed by atoms with Gasteiger partial charge in [-0.2, -0.15) is 0 Å². The van der Waals surface area contributed by atoms with Crippen LogP contribution in [0.3, 0.4) is 0 Å². The maximum Gasteiger partial charge on any atom is 0.164 e. The summed E-state index contributed by atoms with van der Waals surface area (Å²) >= 11 is 3.08. The molecule has 98 valence electrons. The molecule has 1 aromatic carbocycles. The van der Waals surface area contributed by atoms with Crippen LogP contribution in [0.2, 0.25) is 0 Å². The summed E-state index contributed by atoms with van der Waals surface area (Å²) in [5, 5.41) is 3.31. The Morgan fingerprint density at radius 3 is 3.00 bits per heavy atom. The van der Waals surface area contributed by atoms with Gasteiger partial charge in [0, 0.05) is 24.1 Å². The fraction of sp³-hybridized carbons (Fsp3) is 0.462. The molecule has 1 aliphatic rings. The molecule has 0 aliphatic carbocycles. The van der Waals surface area contributed by atoms with E-state index in [2.05, 4.69) is 21.2 Å². The van der Waals surface area contributed by atoms with E-state index in [0.717, 1.165) is 0 Å². The van der Waals surface area contributed by atoms with Crippen molar-refractivity contribution in [2.45, 2.75) is 25.4 Å². The minimum atomic E-state index is -0.362. The smallest absolute Gasteiger partial charge is 0.164 e. The van der Waals surface area contributed by atoms with Gasteiger partial charge in [-0.15, -0.1) is 0 Å². The normalized spacial score (nSPS) is 23.9. The molecule has 0 spiro atoms. The molecule has 0 aromatic heterocycles. The van der Waals surface area contributed by atoms with E-state index in [0.29, 0.717) is 29.7 Å². The number of hydrogen-bond donors (Lipinski definition) is 1. The molecule has 0 amide bonds. The highest BCUT2D eigenvalue weighted by atomic mass is 79.9. The minimum absolute atomic E-state index is 0.00843. The lowest BCUT2D eigenvalue weighted by Crippen LogP contribution is -2.48. The van der Waals surface area contributed by atoms with E-state index in [1.807, 2.05) is 6.92 Å². The Morgan fingerprint density at radius 2 is 2.33 bits per heavy atom. The molecule has 3 nitrogen and oxygen atoms in total. The second-order valence-corrected chi connectivity index (χ2v) is 5.41. The topological polar surface area (TPSA) is 38.3 Å². The Labute approximate surface area is 114 Å². The number of Topliss-reactive ketones (excluding diaryl/α,β-unsaturated/α-hetero) is 1. The van der Waals surface area contributed by atoms with Crippen LogP contribution in [0.25, 0.3) is 0 Å². The third kappa shape index (κ3) is 3.37. The molecule has 0 radical (unpaired) electrons. The van der Waals surface area contributed by atoms with Crippen molar-refractivity contribution in [3.05, 3.63) is 34.1 Å². The standard InChI is InChI=1S/C13H15BrFNO2/c1-8-6-18-7-10(16-8)5-13(17)9-2-3-12(15)11(14)4-9/h2-4,8,10,16H,5-7H2,1H3. The van der Waals surface area contributed by atoms with Crippen molar-refractivity contribution < 1.29 is 13.9 Å². The predicted molar refractivity (Wildman–Crippen MR) is 70.3 cm³/mol. The monoisotopic (exact) mass is 315 g/mol. The fourth-order valence-electron chi connectivity index (χ4n) is 2.01. The summed E-state index contributed by atoms with van der Waals surface area (Å²) in [6, 6.07) is 4.62. The first kappa shape index (κ1) is 13.6. The predicted octanol–water partition coefficient (Wildman–Crippen LogP) is 2.54. The SMILES string of the molecule is CC1COCC(CC(=O)c2ccc(F)c(Br)c2)N1. The van der Waals surface area contributed by atoms with Crippen LogP contribution in [-0.4, -0.2) is 31.1 Å². The number of rotatable bonds is 3. The Balaban J connectivity index is 2.00. The second-order valence-electron chi connectivity index (χ2n) is 4.56. The lowest BCUT2D eigenvalue weighted by atomic mass is 10.0. The zero-order valence-corrected chi connectivity index (χ0v) is 11.7. The lowest BCUT2D eigenvalue weighted by Gasteiger charge is -2.28. The van der Waals surface area contributed by atoms with Crippen LogP contribution >= 0.6 is 15.9 Å². The maximum atomic E-state index is 13.1. The molecule has 1 aliphatic heterocycles. The number of carbonyl (C=O) groups is 1. The van der Waals surface area contributed by atoms with Gasteiger partial charge in [0.05, 0.1) is 17.7 Å². The number of ether oxygens (including phenoxy) is 1. The number of benzene rings is 1. The van der Waals surface area contributed by atoms with Gasteiger partial charge in [0.1, 0.15) is 5.82 Å². The third-order valence-corrected chi connectivity index (χ3v) is 3.49. The molecule has 2 unspecified atom stereocenters. The largest absolute Gasteiger partial charge is 0.378 e. The molecule has 2 atom stereocenters. The molecule has 2 rings (SSSR count). The second kappa shape index (κ2) is 5.91. The summed E-state index contributed by atoms with van der Waals surface area (Å²) in [4.78, 5) is 12.0. The number of hydrogen-bond acceptors (Lipinski definition) is 3. The van der Waals surface area contributed by atoms with Crippen LogP contribution in [0.4, 0.5) is 4.39 Å². The summed E-state index contributed by atoms with van der Waals surface area (Å²) in [6.45, 7) is 3.23. The number of morpholine rings is 1. The van der Waals surface area contributed by atoms with Gasteiger partial charge in [0.15, 0.2) is 5.78 Å². The highest BCUT2D eigenvalue weighted by Gasteiger charge is 2.21. The van der Waals surface area contributed by atoms with Crippen LogP contribution in [0.1, 0.15) is 23.7 Å². The zero-order chi connectivity index (χ0) is 13.1. The van der Waals surface area contributed by atoms with E-state index in [1.165, 1.54) is 18.2 Å². The van der Waals surface area contributed by atoms with Crippen molar-refractivity contribution in [1.82, 2.24) is 5.32 Å². The first-order chi connectivity index (χ1) is 8.56. The molecule has 18 heavy (non-hydrogen) atoms. The highest BCUT2D eigenvalue weighted by Crippen LogP contribution is 2.18. The third-order valence-electron chi connectivity index (χ3n) is 2.88. The summed E-state index contributed by atoms with van der Waals surface area (Å²) in [5.74, 6) is -0.370. The van der Waals surface area contributed by atoms with Crippen molar-refractivity contribution in [3.63, 3.8) is 0 Å². The van der Waals surface area contributed by atoms with Gasteiger partial charge in [-0.25, -0.2) is 4.39 Å². The number of ketones is 1.